The van der Waals surface area contributed by atoms with Crippen molar-refractivity contribution in [2.75, 3.05) is 21.3 Å². The lowest BCUT2D eigenvalue weighted by Gasteiger charge is -2.25. The number of rotatable bonds is 6. The van der Waals surface area contributed by atoms with Gasteiger partial charge in [-0.2, -0.15) is 10.5 Å². The molecule has 7 nitrogen and oxygen atoms in total. The van der Waals surface area contributed by atoms with E-state index in [4.69, 9.17) is 24.3 Å². The van der Waals surface area contributed by atoms with Crippen LogP contribution in [0.5, 0.6) is 11.5 Å². The van der Waals surface area contributed by atoms with Crippen molar-refractivity contribution in [3.8, 4) is 23.6 Å². The normalized spacial score (nSPS) is 12.5. The SMILES string of the molecule is COc1cc(C(C(C#N)C#N)P(=O)(OC)OC)ccc1O. The fourth-order valence-electron chi connectivity index (χ4n) is 1.91. The largest absolute Gasteiger partial charge is 0.504 e. The number of benzene rings is 1. The molecule has 1 atom stereocenters. The van der Waals surface area contributed by atoms with Crippen molar-refractivity contribution in [1.29, 1.82) is 10.5 Å². The molecule has 1 N–H and O–H groups in total. The van der Waals surface area contributed by atoms with Gasteiger partial charge in [0.25, 0.3) is 0 Å². The number of phenolic OH excluding ortho intramolecular Hbond substituents is 1. The van der Waals surface area contributed by atoms with Gasteiger partial charge in [-0.1, -0.05) is 6.07 Å². The van der Waals surface area contributed by atoms with Gasteiger partial charge in [0.2, 0.25) is 0 Å². The van der Waals surface area contributed by atoms with Gasteiger partial charge in [-0.15, -0.1) is 0 Å². The Balaban J connectivity index is 3.49. The molecule has 0 amide bonds. The summed E-state index contributed by atoms with van der Waals surface area (Å²) in [7, 11) is -0.0141. The Bertz CT molecular complexity index is 612. The number of methoxy groups -OCH3 is 1. The quantitative estimate of drug-likeness (QED) is 0.803. The molecule has 0 aromatic heterocycles. The Kier molecular flexibility index (Phi) is 5.75. The molecule has 8 heteroatoms. The Morgan fingerprint density at radius 1 is 1.19 bits per heavy atom. The molecule has 0 spiro atoms. The van der Waals surface area contributed by atoms with E-state index in [1.54, 1.807) is 12.1 Å². The number of phenols is 1. The maximum absolute atomic E-state index is 12.6. The van der Waals surface area contributed by atoms with Gasteiger partial charge in [0.05, 0.1) is 19.2 Å². The summed E-state index contributed by atoms with van der Waals surface area (Å²) in [5.41, 5.74) is -0.776. The third kappa shape index (κ3) is 3.34. The van der Waals surface area contributed by atoms with Crippen LogP contribution < -0.4 is 4.74 Å². The van der Waals surface area contributed by atoms with Crippen molar-refractivity contribution in [1.82, 2.24) is 0 Å². The number of hydrogen-bond acceptors (Lipinski definition) is 7. The van der Waals surface area contributed by atoms with Crippen LogP contribution in [0.25, 0.3) is 0 Å². The van der Waals surface area contributed by atoms with Crippen LogP contribution in [-0.2, 0) is 13.6 Å². The van der Waals surface area contributed by atoms with E-state index in [0.29, 0.717) is 5.56 Å². The van der Waals surface area contributed by atoms with Crippen LogP contribution in [0, 0.1) is 28.6 Å². The van der Waals surface area contributed by atoms with Crippen LogP contribution in [0.3, 0.4) is 0 Å². The summed E-state index contributed by atoms with van der Waals surface area (Å²) < 4.78 is 27.5. The van der Waals surface area contributed by atoms with E-state index in [-0.39, 0.29) is 11.5 Å². The lowest BCUT2D eigenvalue weighted by Crippen LogP contribution is -2.13. The molecule has 0 radical (unpaired) electrons. The molecule has 0 heterocycles. The lowest BCUT2D eigenvalue weighted by atomic mass is 10.0. The maximum Gasteiger partial charge on any atom is 0.339 e. The van der Waals surface area contributed by atoms with E-state index in [2.05, 4.69) is 0 Å². The first kappa shape index (κ1) is 17.0. The standard InChI is InChI=1S/C13H15N2O5P/c1-18-12-6-9(4-5-11(12)16)13(10(7-14)8-15)21(17,19-2)20-3/h4-6,10,13,16H,1-3H3. The first-order valence-corrected chi connectivity index (χ1v) is 7.45. The lowest BCUT2D eigenvalue weighted by molar-refractivity contribution is 0.262. The van der Waals surface area contributed by atoms with Crippen LogP contribution >= 0.6 is 7.60 Å². The van der Waals surface area contributed by atoms with Crippen molar-refractivity contribution >= 4 is 7.60 Å². The van der Waals surface area contributed by atoms with E-state index >= 15 is 0 Å². The molecule has 1 aromatic rings. The minimum atomic E-state index is -3.73. The monoisotopic (exact) mass is 310 g/mol. The second-order valence-corrected chi connectivity index (χ2v) is 6.38. The van der Waals surface area contributed by atoms with Gasteiger partial charge >= 0.3 is 7.60 Å². The zero-order valence-electron chi connectivity index (χ0n) is 11.8. The molecule has 1 unspecified atom stereocenters. The van der Waals surface area contributed by atoms with Crippen LogP contribution in [-0.4, -0.2) is 26.4 Å². The fourth-order valence-corrected chi connectivity index (χ4v) is 3.54. The van der Waals surface area contributed by atoms with E-state index in [1.165, 1.54) is 39.5 Å². The van der Waals surface area contributed by atoms with Crippen LogP contribution in [0.15, 0.2) is 18.2 Å². The predicted octanol–water partition coefficient (Wildman–Crippen LogP) is 2.59. The van der Waals surface area contributed by atoms with E-state index in [1.807, 2.05) is 0 Å². The Labute approximate surface area is 122 Å². The number of aromatic hydroxyl groups is 1. The van der Waals surface area contributed by atoms with Crippen molar-refractivity contribution in [2.45, 2.75) is 5.66 Å². The smallest absolute Gasteiger partial charge is 0.339 e. The van der Waals surface area contributed by atoms with Crippen LogP contribution in [0.2, 0.25) is 0 Å². The molecule has 112 valence electrons. The van der Waals surface area contributed by atoms with E-state index in [0.717, 1.165) is 0 Å². The van der Waals surface area contributed by atoms with E-state index < -0.39 is 19.2 Å². The molecule has 0 aliphatic carbocycles. The molecule has 1 aromatic carbocycles. The summed E-state index contributed by atoms with van der Waals surface area (Å²) in [5, 5.41) is 27.8. The highest BCUT2D eigenvalue weighted by Gasteiger charge is 2.42. The first-order chi connectivity index (χ1) is 9.97. The topological polar surface area (TPSA) is 113 Å². The molecule has 0 bridgehead atoms. The summed E-state index contributed by atoms with van der Waals surface area (Å²) in [6, 6.07) is 7.72. The number of nitrogens with zero attached hydrogens (tertiary/aromatic N) is 2. The zero-order chi connectivity index (χ0) is 16.0. The highest BCUT2D eigenvalue weighted by Crippen LogP contribution is 2.63. The first-order valence-electron chi connectivity index (χ1n) is 5.84. The van der Waals surface area contributed by atoms with Crippen LogP contribution in [0.4, 0.5) is 0 Å². The van der Waals surface area contributed by atoms with Crippen molar-refractivity contribution in [3.63, 3.8) is 0 Å². The van der Waals surface area contributed by atoms with Gasteiger partial charge in [0.1, 0.15) is 5.66 Å². The molecule has 0 saturated carbocycles. The highest BCUT2D eigenvalue weighted by molar-refractivity contribution is 7.54. The zero-order valence-corrected chi connectivity index (χ0v) is 12.7. The summed E-state index contributed by atoms with van der Waals surface area (Å²) in [5.74, 6) is -1.23. The fraction of sp³-hybridized carbons (Fsp3) is 0.385. The second kappa shape index (κ2) is 7.10. The summed E-state index contributed by atoms with van der Waals surface area (Å²) >= 11 is 0. The third-order valence-corrected chi connectivity index (χ3v) is 5.28. The summed E-state index contributed by atoms with van der Waals surface area (Å²) in [6.45, 7) is 0. The van der Waals surface area contributed by atoms with E-state index in [9.17, 15) is 9.67 Å². The minimum Gasteiger partial charge on any atom is -0.504 e. The molecule has 0 aliphatic rings. The maximum atomic E-state index is 12.6. The van der Waals surface area contributed by atoms with Gasteiger partial charge in [-0.25, -0.2) is 0 Å². The molecular weight excluding hydrogens is 295 g/mol. The average Bonchev–Trinajstić information content (AvgIpc) is 2.52. The second-order valence-electron chi connectivity index (χ2n) is 4.02. The average molecular weight is 310 g/mol. The Morgan fingerprint density at radius 2 is 1.76 bits per heavy atom. The summed E-state index contributed by atoms with van der Waals surface area (Å²) in [6.07, 6.45) is 0. The molecule has 1 rings (SSSR count). The molecule has 21 heavy (non-hydrogen) atoms. The Hall–Kier alpha value is -2.05. The van der Waals surface area contributed by atoms with Crippen molar-refractivity contribution in [3.05, 3.63) is 23.8 Å². The molecule has 0 aliphatic heterocycles. The molecule has 0 saturated heterocycles. The van der Waals surface area contributed by atoms with Crippen molar-refractivity contribution < 1.29 is 23.5 Å². The highest BCUT2D eigenvalue weighted by atomic mass is 31.2. The third-order valence-electron chi connectivity index (χ3n) is 2.99. The van der Waals surface area contributed by atoms with Gasteiger partial charge in [0, 0.05) is 14.2 Å². The van der Waals surface area contributed by atoms with Gasteiger partial charge in [0.15, 0.2) is 17.4 Å². The number of ether oxygens (including phenoxy) is 1. The number of hydrogen-bond donors (Lipinski definition) is 1. The number of nitriles is 2. The van der Waals surface area contributed by atoms with Crippen LogP contribution in [0.1, 0.15) is 11.2 Å². The molecule has 0 fully saturated rings. The Morgan fingerprint density at radius 3 is 2.19 bits per heavy atom. The summed E-state index contributed by atoms with van der Waals surface area (Å²) in [4.78, 5) is 0. The minimum absolute atomic E-state index is 0.116. The van der Waals surface area contributed by atoms with Gasteiger partial charge in [-0.05, 0) is 17.7 Å². The van der Waals surface area contributed by atoms with Gasteiger partial charge in [-0.3, -0.25) is 4.57 Å². The van der Waals surface area contributed by atoms with Gasteiger partial charge < -0.3 is 18.9 Å². The molecular formula is C13H15N2O5P. The van der Waals surface area contributed by atoms with Crippen molar-refractivity contribution in [2.24, 2.45) is 5.92 Å². The predicted molar refractivity (Wildman–Crippen MR) is 73.7 cm³/mol.